The Balaban J connectivity index is 1.34. The van der Waals surface area contributed by atoms with Gasteiger partial charge in [0.05, 0.1) is 12.2 Å². The summed E-state index contributed by atoms with van der Waals surface area (Å²) in [6.07, 6.45) is 3.79. The van der Waals surface area contributed by atoms with E-state index in [9.17, 15) is 9.18 Å². The van der Waals surface area contributed by atoms with Crippen molar-refractivity contribution in [2.75, 3.05) is 13.1 Å². The number of hydrogen-bond donors (Lipinski definition) is 1. The van der Waals surface area contributed by atoms with E-state index in [1.54, 1.807) is 12.1 Å². The minimum atomic E-state index is -0.254. The number of carbonyl (C=O) groups is 1. The number of aryl methyl sites for hydroxylation is 2. The van der Waals surface area contributed by atoms with Gasteiger partial charge in [-0.25, -0.2) is 4.39 Å². The highest BCUT2D eigenvalue weighted by atomic mass is 19.1. The van der Waals surface area contributed by atoms with Crippen LogP contribution in [0.25, 0.3) is 0 Å². The average Bonchev–Trinajstić information content (AvgIpc) is 3.03. The number of aromatic nitrogens is 2. The predicted octanol–water partition coefficient (Wildman–Crippen LogP) is 3.84. The van der Waals surface area contributed by atoms with E-state index >= 15 is 0 Å². The molecule has 0 aliphatic carbocycles. The largest absolute Gasteiger partial charge is 0.352 e. The minimum absolute atomic E-state index is 0.0784. The highest BCUT2D eigenvalue weighted by Crippen LogP contribution is 2.23. The van der Waals surface area contributed by atoms with Crippen molar-refractivity contribution >= 4 is 5.91 Å². The summed E-state index contributed by atoms with van der Waals surface area (Å²) in [5.74, 6) is 0.439. The molecule has 1 saturated heterocycles. The third-order valence-corrected chi connectivity index (χ3v) is 6.00. The van der Waals surface area contributed by atoms with Crippen molar-refractivity contribution in [1.82, 2.24) is 20.0 Å². The van der Waals surface area contributed by atoms with Crippen molar-refractivity contribution in [3.8, 4) is 0 Å². The van der Waals surface area contributed by atoms with E-state index in [0.29, 0.717) is 24.9 Å². The van der Waals surface area contributed by atoms with Crippen molar-refractivity contribution in [2.45, 2.75) is 65.6 Å². The quantitative estimate of drug-likeness (QED) is 0.733. The number of likely N-dealkylation sites (tertiary alicyclic amines) is 1. The van der Waals surface area contributed by atoms with Gasteiger partial charge in [-0.1, -0.05) is 12.1 Å². The number of carbonyl (C=O) groups excluding carboxylic acids is 1. The lowest BCUT2D eigenvalue weighted by Crippen LogP contribution is -2.42. The molecule has 5 nitrogen and oxygen atoms in total. The van der Waals surface area contributed by atoms with Crippen LogP contribution in [0.2, 0.25) is 0 Å². The monoisotopic (exact) mass is 400 g/mol. The molecule has 0 spiro atoms. The molecule has 1 aromatic heterocycles. The number of rotatable bonds is 8. The number of hydrogen-bond acceptors (Lipinski definition) is 3. The average molecular weight is 401 g/mol. The normalized spacial score (nSPS) is 16.7. The van der Waals surface area contributed by atoms with Gasteiger partial charge in [-0.05, 0) is 82.8 Å². The maximum atomic E-state index is 12.9. The number of benzene rings is 1. The lowest BCUT2D eigenvalue weighted by atomic mass is 9.91. The third kappa shape index (κ3) is 6.39. The summed E-state index contributed by atoms with van der Waals surface area (Å²) in [6.45, 7) is 9.98. The van der Waals surface area contributed by atoms with E-state index in [1.165, 1.54) is 17.8 Å². The Kier molecular flexibility index (Phi) is 7.42. The first-order chi connectivity index (χ1) is 13.9. The standard InChI is InChI=1S/C23H33FN4O/c1-17-14-18(2)28(26-17)16-19(3)27-12-10-20(11-13-27)6-9-23(29)25-15-21-4-7-22(24)8-5-21/h4-5,7-8,14,19-20H,6,9-13,15-16H2,1-3H3,(H,25,29). The van der Waals surface area contributed by atoms with Gasteiger partial charge in [0.15, 0.2) is 0 Å². The van der Waals surface area contributed by atoms with Gasteiger partial charge >= 0.3 is 0 Å². The maximum Gasteiger partial charge on any atom is 0.220 e. The molecule has 1 unspecified atom stereocenters. The fourth-order valence-corrected chi connectivity index (χ4v) is 4.13. The number of amides is 1. The Labute approximate surface area is 173 Å². The van der Waals surface area contributed by atoms with Crippen LogP contribution < -0.4 is 5.32 Å². The van der Waals surface area contributed by atoms with Crippen LogP contribution in [0.1, 0.15) is 49.6 Å². The molecule has 29 heavy (non-hydrogen) atoms. The topological polar surface area (TPSA) is 50.2 Å². The van der Waals surface area contributed by atoms with Crippen LogP contribution in [0, 0.1) is 25.6 Å². The van der Waals surface area contributed by atoms with E-state index < -0.39 is 0 Å². The van der Waals surface area contributed by atoms with Gasteiger partial charge in [-0.15, -0.1) is 0 Å². The number of halogens is 1. The van der Waals surface area contributed by atoms with Crippen LogP contribution in [-0.4, -0.2) is 39.7 Å². The van der Waals surface area contributed by atoms with E-state index in [0.717, 1.165) is 50.2 Å². The molecule has 0 bridgehead atoms. The van der Waals surface area contributed by atoms with Crippen LogP contribution in [0.5, 0.6) is 0 Å². The molecule has 0 saturated carbocycles. The Morgan fingerprint density at radius 3 is 2.55 bits per heavy atom. The first kappa shape index (κ1) is 21.5. The van der Waals surface area contributed by atoms with E-state index in [2.05, 4.69) is 39.9 Å². The Morgan fingerprint density at radius 2 is 1.93 bits per heavy atom. The molecule has 1 atom stereocenters. The maximum absolute atomic E-state index is 12.9. The smallest absolute Gasteiger partial charge is 0.220 e. The summed E-state index contributed by atoms with van der Waals surface area (Å²) in [7, 11) is 0. The molecule has 2 heterocycles. The van der Waals surface area contributed by atoms with E-state index in [1.807, 2.05) is 6.92 Å². The fraction of sp³-hybridized carbons (Fsp3) is 0.565. The minimum Gasteiger partial charge on any atom is -0.352 e. The zero-order chi connectivity index (χ0) is 20.8. The lowest BCUT2D eigenvalue weighted by molar-refractivity contribution is -0.121. The second-order valence-electron chi connectivity index (χ2n) is 8.38. The van der Waals surface area contributed by atoms with Crippen molar-refractivity contribution in [3.63, 3.8) is 0 Å². The highest BCUT2D eigenvalue weighted by Gasteiger charge is 2.23. The first-order valence-electron chi connectivity index (χ1n) is 10.7. The van der Waals surface area contributed by atoms with Gasteiger partial charge in [0.2, 0.25) is 5.91 Å². The molecule has 158 valence electrons. The summed E-state index contributed by atoms with van der Waals surface area (Å²) in [4.78, 5) is 14.7. The second-order valence-corrected chi connectivity index (χ2v) is 8.38. The summed E-state index contributed by atoms with van der Waals surface area (Å²) >= 11 is 0. The summed E-state index contributed by atoms with van der Waals surface area (Å²) in [5.41, 5.74) is 3.21. The Bertz CT molecular complexity index is 794. The van der Waals surface area contributed by atoms with Gasteiger partial charge in [-0.3, -0.25) is 14.4 Å². The molecule has 1 aliphatic heterocycles. The zero-order valence-corrected chi connectivity index (χ0v) is 17.8. The van der Waals surface area contributed by atoms with Gasteiger partial charge in [0.25, 0.3) is 0 Å². The van der Waals surface area contributed by atoms with Crippen LogP contribution in [0.15, 0.2) is 30.3 Å². The lowest BCUT2D eigenvalue weighted by Gasteiger charge is -2.36. The van der Waals surface area contributed by atoms with E-state index in [4.69, 9.17) is 0 Å². The van der Waals surface area contributed by atoms with E-state index in [-0.39, 0.29) is 11.7 Å². The molecule has 2 aromatic rings. The van der Waals surface area contributed by atoms with Gasteiger partial charge in [0, 0.05) is 24.7 Å². The number of nitrogens with one attached hydrogen (secondary N) is 1. The zero-order valence-electron chi connectivity index (χ0n) is 17.8. The van der Waals surface area contributed by atoms with Gasteiger partial charge in [0.1, 0.15) is 5.82 Å². The van der Waals surface area contributed by atoms with Crippen molar-refractivity contribution in [2.24, 2.45) is 5.92 Å². The van der Waals surface area contributed by atoms with Crippen molar-refractivity contribution < 1.29 is 9.18 Å². The molecule has 3 rings (SSSR count). The summed E-state index contributed by atoms with van der Waals surface area (Å²) < 4.78 is 15.0. The molecular weight excluding hydrogens is 367 g/mol. The molecule has 1 aliphatic rings. The van der Waals surface area contributed by atoms with Crippen molar-refractivity contribution in [3.05, 3.63) is 53.1 Å². The first-order valence-corrected chi connectivity index (χ1v) is 10.7. The number of piperidine rings is 1. The fourth-order valence-electron chi connectivity index (χ4n) is 4.13. The Morgan fingerprint density at radius 1 is 1.24 bits per heavy atom. The molecule has 1 N–H and O–H groups in total. The summed E-state index contributed by atoms with van der Waals surface area (Å²) in [5, 5.41) is 7.52. The van der Waals surface area contributed by atoms with Crippen LogP contribution in [-0.2, 0) is 17.9 Å². The molecule has 1 amide bonds. The molecule has 1 fully saturated rings. The predicted molar refractivity (Wildman–Crippen MR) is 113 cm³/mol. The SMILES string of the molecule is Cc1cc(C)n(CC(C)N2CCC(CCC(=O)NCc3ccc(F)cc3)CC2)n1. The molecule has 0 radical (unpaired) electrons. The van der Waals surface area contributed by atoms with Gasteiger partial charge in [-0.2, -0.15) is 5.10 Å². The van der Waals surface area contributed by atoms with Gasteiger partial charge < -0.3 is 5.32 Å². The van der Waals surface area contributed by atoms with Crippen LogP contribution in [0.3, 0.4) is 0 Å². The molecule has 1 aromatic carbocycles. The second kappa shape index (κ2) is 10.0. The van der Waals surface area contributed by atoms with Crippen LogP contribution in [0.4, 0.5) is 4.39 Å². The van der Waals surface area contributed by atoms with Crippen LogP contribution >= 0.6 is 0 Å². The molecular formula is C23H33FN4O. The Hall–Kier alpha value is -2.21. The number of nitrogens with zero attached hydrogens (tertiary/aromatic N) is 3. The molecule has 6 heteroatoms. The summed E-state index contributed by atoms with van der Waals surface area (Å²) in [6, 6.07) is 8.85. The third-order valence-electron chi connectivity index (χ3n) is 6.00. The highest BCUT2D eigenvalue weighted by molar-refractivity contribution is 5.75. The van der Waals surface area contributed by atoms with Crippen molar-refractivity contribution in [1.29, 1.82) is 0 Å².